The van der Waals surface area contributed by atoms with E-state index in [1.807, 2.05) is 18.2 Å². The lowest BCUT2D eigenvalue weighted by molar-refractivity contribution is -0.117. The second-order valence-electron chi connectivity index (χ2n) is 4.42. The summed E-state index contributed by atoms with van der Waals surface area (Å²) in [5.74, 6) is 0.0469. The summed E-state index contributed by atoms with van der Waals surface area (Å²) in [5, 5.41) is 0.0348. The first-order valence-corrected chi connectivity index (χ1v) is 6.56. The van der Waals surface area contributed by atoms with E-state index in [1.165, 1.54) is 6.07 Å². The molecular weight excluding hydrogens is 279 g/mol. The number of hydrogen-bond donors (Lipinski definition) is 0. The van der Waals surface area contributed by atoms with E-state index in [1.54, 1.807) is 25.3 Å². The summed E-state index contributed by atoms with van der Waals surface area (Å²) in [6.07, 6.45) is 0.223. The number of benzene rings is 2. The van der Waals surface area contributed by atoms with E-state index in [4.69, 9.17) is 16.3 Å². The van der Waals surface area contributed by atoms with Crippen molar-refractivity contribution in [2.24, 2.45) is 0 Å². The van der Waals surface area contributed by atoms with E-state index in [0.717, 1.165) is 5.56 Å². The lowest BCUT2D eigenvalue weighted by atomic mass is 10.0. The number of methoxy groups -OCH3 is 1. The van der Waals surface area contributed by atoms with E-state index in [0.29, 0.717) is 11.3 Å². The highest BCUT2D eigenvalue weighted by Crippen LogP contribution is 2.21. The Labute approximate surface area is 122 Å². The van der Waals surface area contributed by atoms with Gasteiger partial charge in [0.2, 0.25) is 0 Å². The average molecular weight is 293 g/mol. The molecule has 0 amide bonds. The third kappa shape index (κ3) is 3.36. The fraction of sp³-hybridized carbons (Fsp3) is 0.188. The summed E-state index contributed by atoms with van der Waals surface area (Å²) in [6.45, 7) is 0. The number of rotatable bonds is 5. The molecule has 0 aliphatic rings. The van der Waals surface area contributed by atoms with Crippen LogP contribution < -0.4 is 4.74 Å². The Balaban J connectivity index is 2.11. The predicted octanol–water partition coefficient (Wildman–Crippen LogP) is 3.84. The Hall–Kier alpha value is -1.87. The van der Waals surface area contributed by atoms with Crippen molar-refractivity contribution in [3.8, 4) is 5.75 Å². The number of hydrogen-bond acceptors (Lipinski definition) is 2. The van der Waals surface area contributed by atoms with Gasteiger partial charge in [0.25, 0.3) is 0 Å². The van der Waals surface area contributed by atoms with Gasteiger partial charge in [-0.3, -0.25) is 4.79 Å². The molecule has 2 aromatic carbocycles. The lowest BCUT2D eigenvalue weighted by Crippen LogP contribution is -2.09. The van der Waals surface area contributed by atoms with Crippen LogP contribution in [0.25, 0.3) is 0 Å². The maximum Gasteiger partial charge on any atom is 0.145 e. The molecule has 0 radical (unpaired) electrons. The fourth-order valence-electron chi connectivity index (χ4n) is 2.02. The molecule has 0 saturated carbocycles. The van der Waals surface area contributed by atoms with E-state index in [-0.39, 0.29) is 23.6 Å². The van der Waals surface area contributed by atoms with Gasteiger partial charge >= 0.3 is 0 Å². The quantitative estimate of drug-likeness (QED) is 0.837. The van der Waals surface area contributed by atoms with Gasteiger partial charge in [0.05, 0.1) is 12.1 Å². The van der Waals surface area contributed by atoms with Crippen LogP contribution in [0.15, 0.2) is 42.5 Å². The van der Waals surface area contributed by atoms with Crippen molar-refractivity contribution in [3.05, 3.63) is 64.4 Å². The zero-order valence-electron chi connectivity index (χ0n) is 11.0. The van der Waals surface area contributed by atoms with Crippen LogP contribution in [-0.2, 0) is 17.6 Å². The van der Waals surface area contributed by atoms with E-state index >= 15 is 0 Å². The van der Waals surface area contributed by atoms with Crippen molar-refractivity contribution in [1.82, 2.24) is 0 Å². The highest BCUT2D eigenvalue weighted by atomic mass is 35.5. The maximum atomic E-state index is 13.7. The highest BCUT2D eigenvalue weighted by Gasteiger charge is 2.13. The van der Waals surface area contributed by atoms with E-state index in [2.05, 4.69) is 0 Å². The molecule has 0 aliphatic heterocycles. The van der Waals surface area contributed by atoms with Crippen molar-refractivity contribution in [2.75, 3.05) is 7.11 Å². The topological polar surface area (TPSA) is 26.3 Å². The number of Topliss-reactive ketones (excluding diaryl/α,β-unsaturated/α-hetero) is 1. The van der Waals surface area contributed by atoms with Gasteiger partial charge in [0.15, 0.2) is 0 Å². The molecule has 2 aromatic rings. The largest absolute Gasteiger partial charge is 0.496 e. The van der Waals surface area contributed by atoms with Crippen molar-refractivity contribution in [1.29, 1.82) is 0 Å². The second-order valence-corrected chi connectivity index (χ2v) is 4.82. The number of para-hydroxylation sites is 1. The van der Waals surface area contributed by atoms with Gasteiger partial charge in [0, 0.05) is 18.4 Å². The van der Waals surface area contributed by atoms with Gasteiger partial charge in [-0.1, -0.05) is 41.9 Å². The van der Waals surface area contributed by atoms with Gasteiger partial charge in [-0.15, -0.1) is 0 Å². The molecule has 0 bridgehead atoms. The standard InChI is InChI=1S/C16H14ClFO2/c1-20-15-8-3-2-5-11(15)9-13(19)10-12-6-4-7-14(17)16(12)18/h2-8H,9-10H2,1H3. The minimum atomic E-state index is -0.525. The van der Waals surface area contributed by atoms with Crippen molar-refractivity contribution >= 4 is 17.4 Å². The molecule has 0 aromatic heterocycles. The van der Waals surface area contributed by atoms with Crippen LogP contribution in [0.1, 0.15) is 11.1 Å². The van der Waals surface area contributed by atoms with Crippen molar-refractivity contribution in [2.45, 2.75) is 12.8 Å². The molecule has 0 aliphatic carbocycles. The Morgan fingerprint density at radius 2 is 1.75 bits per heavy atom. The van der Waals surface area contributed by atoms with Crippen LogP contribution in [-0.4, -0.2) is 12.9 Å². The average Bonchev–Trinajstić information content (AvgIpc) is 2.44. The Bertz CT molecular complexity index is 626. The lowest BCUT2D eigenvalue weighted by Gasteiger charge is -2.08. The van der Waals surface area contributed by atoms with Gasteiger partial charge < -0.3 is 4.74 Å². The fourth-order valence-corrected chi connectivity index (χ4v) is 2.22. The van der Waals surface area contributed by atoms with Crippen molar-refractivity contribution in [3.63, 3.8) is 0 Å². The summed E-state index contributed by atoms with van der Waals surface area (Å²) in [6, 6.07) is 12.0. The molecular formula is C16H14ClFO2. The first-order chi connectivity index (χ1) is 9.61. The molecule has 104 valence electrons. The van der Waals surface area contributed by atoms with Crippen molar-refractivity contribution < 1.29 is 13.9 Å². The number of ketones is 1. The molecule has 4 heteroatoms. The zero-order chi connectivity index (χ0) is 14.5. The summed E-state index contributed by atoms with van der Waals surface area (Å²) in [4.78, 5) is 12.0. The Morgan fingerprint density at radius 1 is 1.10 bits per heavy atom. The van der Waals surface area contributed by atoms with Crippen LogP contribution in [0.2, 0.25) is 5.02 Å². The molecule has 20 heavy (non-hydrogen) atoms. The first-order valence-electron chi connectivity index (χ1n) is 6.18. The van der Waals surface area contributed by atoms with Crippen LogP contribution in [0.4, 0.5) is 4.39 Å². The zero-order valence-corrected chi connectivity index (χ0v) is 11.8. The molecule has 0 saturated heterocycles. The van der Waals surface area contributed by atoms with Crippen LogP contribution in [0, 0.1) is 5.82 Å². The number of carbonyl (C=O) groups excluding carboxylic acids is 1. The minimum Gasteiger partial charge on any atom is -0.496 e. The van der Waals surface area contributed by atoms with Gasteiger partial charge in [-0.2, -0.15) is 0 Å². The molecule has 2 nitrogen and oxygen atoms in total. The minimum absolute atomic E-state index is 0.0183. The number of halogens is 2. The second kappa shape index (κ2) is 6.53. The smallest absolute Gasteiger partial charge is 0.145 e. The van der Waals surface area contributed by atoms with E-state index < -0.39 is 5.82 Å². The summed E-state index contributed by atoms with van der Waals surface area (Å²) < 4.78 is 18.9. The monoisotopic (exact) mass is 292 g/mol. The van der Waals surface area contributed by atoms with Crippen LogP contribution >= 0.6 is 11.6 Å². The summed E-state index contributed by atoms with van der Waals surface area (Å²) in [7, 11) is 1.56. The highest BCUT2D eigenvalue weighted by molar-refractivity contribution is 6.30. The Morgan fingerprint density at radius 3 is 2.50 bits per heavy atom. The van der Waals surface area contributed by atoms with Gasteiger partial charge in [-0.25, -0.2) is 4.39 Å². The molecule has 2 rings (SSSR count). The third-order valence-electron chi connectivity index (χ3n) is 3.00. The maximum absolute atomic E-state index is 13.7. The Kier molecular flexibility index (Phi) is 4.74. The normalized spacial score (nSPS) is 10.3. The molecule has 0 fully saturated rings. The first kappa shape index (κ1) is 14.5. The molecule has 0 unspecified atom stereocenters. The number of ether oxygens (including phenoxy) is 1. The molecule has 0 heterocycles. The van der Waals surface area contributed by atoms with Crippen LogP contribution in [0.3, 0.4) is 0 Å². The number of carbonyl (C=O) groups is 1. The summed E-state index contributed by atoms with van der Waals surface area (Å²) in [5.41, 5.74) is 1.11. The third-order valence-corrected chi connectivity index (χ3v) is 3.29. The van der Waals surface area contributed by atoms with E-state index in [9.17, 15) is 9.18 Å². The molecule has 0 spiro atoms. The van der Waals surface area contributed by atoms with Crippen LogP contribution in [0.5, 0.6) is 5.75 Å². The van der Waals surface area contributed by atoms with Gasteiger partial charge in [-0.05, 0) is 17.7 Å². The SMILES string of the molecule is COc1ccccc1CC(=O)Cc1cccc(Cl)c1F. The molecule has 0 atom stereocenters. The van der Waals surface area contributed by atoms with Gasteiger partial charge in [0.1, 0.15) is 17.3 Å². The summed E-state index contributed by atoms with van der Waals surface area (Å²) >= 11 is 5.70. The predicted molar refractivity (Wildman–Crippen MR) is 76.8 cm³/mol. The molecule has 0 N–H and O–H groups in total.